The van der Waals surface area contributed by atoms with Gasteiger partial charge in [0.25, 0.3) is 11.5 Å². The standard InChI is InChI=1S/C23H23N3O6/c1-25-19(15-8-16(30-2)10-17(9-15)31-3)11-20(23(25)29)32-21(27)13-26-22(28)18-7-5-4-6-14(18)12-24-26/h4-10,12,19-20H,11,13H2,1-3H3/t19-,20-/m0/s1. The number of ether oxygens (including phenoxy) is 3. The number of nitrogens with zero attached hydrogens (tertiary/aromatic N) is 3. The lowest BCUT2D eigenvalue weighted by atomic mass is 10.0. The Morgan fingerprint density at radius 3 is 2.47 bits per heavy atom. The third kappa shape index (κ3) is 4.01. The summed E-state index contributed by atoms with van der Waals surface area (Å²) in [6.45, 7) is -0.380. The molecule has 1 saturated heterocycles. The first-order valence-electron chi connectivity index (χ1n) is 10.0. The van der Waals surface area contributed by atoms with Gasteiger partial charge >= 0.3 is 5.97 Å². The Kier molecular flexibility index (Phi) is 5.81. The number of benzene rings is 2. The molecule has 0 bridgehead atoms. The number of likely N-dealkylation sites (N-methyl/N-ethyl adjacent to an activating group) is 1. The van der Waals surface area contributed by atoms with Crippen LogP contribution in [0.15, 0.2) is 53.5 Å². The van der Waals surface area contributed by atoms with Crippen LogP contribution in [0.5, 0.6) is 11.5 Å². The van der Waals surface area contributed by atoms with Gasteiger partial charge in [-0.25, -0.2) is 4.68 Å². The fourth-order valence-corrected chi connectivity index (χ4v) is 3.88. The van der Waals surface area contributed by atoms with Gasteiger partial charge in [0.1, 0.15) is 18.0 Å². The first-order chi connectivity index (χ1) is 15.4. The lowest BCUT2D eigenvalue weighted by Gasteiger charge is -2.20. The van der Waals surface area contributed by atoms with Gasteiger partial charge in [-0.15, -0.1) is 0 Å². The van der Waals surface area contributed by atoms with Crippen LogP contribution < -0.4 is 15.0 Å². The molecule has 32 heavy (non-hydrogen) atoms. The SMILES string of the molecule is COc1cc(OC)cc([C@@H]2C[C@H](OC(=O)Cn3ncc4ccccc4c3=O)C(=O)N2C)c1. The molecule has 166 valence electrons. The van der Waals surface area contributed by atoms with Crippen LogP contribution in [0.2, 0.25) is 0 Å². The molecule has 4 rings (SSSR count). The van der Waals surface area contributed by atoms with Crippen molar-refractivity contribution in [1.29, 1.82) is 0 Å². The molecule has 0 aliphatic carbocycles. The topological polar surface area (TPSA) is 100.0 Å². The number of fused-ring (bicyclic) bond motifs is 1. The molecule has 1 fully saturated rings. The monoisotopic (exact) mass is 437 g/mol. The summed E-state index contributed by atoms with van der Waals surface area (Å²) in [5.41, 5.74) is 0.416. The highest BCUT2D eigenvalue weighted by Gasteiger charge is 2.41. The lowest BCUT2D eigenvalue weighted by molar-refractivity contribution is -0.156. The fraction of sp³-hybridized carbons (Fsp3) is 0.304. The summed E-state index contributed by atoms with van der Waals surface area (Å²) in [4.78, 5) is 39.4. The molecule has 1 amide bonds. The quantitative estimate of drug-likeness (QED) is 0.543. The van der Waals surface area contributed by atoms with Crippen molar-refractivity contribution in [2.24, 2.45) is 0 Å². The summed E-state index contributed by atoms with van der Waals surface area (Å²) in [7, 11) is 4.76. The van der Waals surface area contributed by atoms with Gasteiger partial charge in [0, 0.05) is 24.9 Å². The average molecular weight is 437 g/mol. The summed E-state index contributed by atoms with van der Waals surface area (Å²) in [5, 5.41) is 5.18. The second-order valence-electron chi connectivity index (χ2n) is 7.52. The van der Waals surface area contributed by atoms with Crippen molar-refractivity contribution in [3.05, 3.63) is 64.6 Å². The van der Waals surface area contributed by atoms with Crippen LogP contribution in [-0.4, -0.2) is 53.9 Å². The largest absolute Gasteiger partial charge is 0.497 e. The first kappa shape index (κ1) is 21.4. The molecule has 9 nitrogen and oxygen atoms in total. The van der Waals surface area contributed by atoms with E-state index < -0.39 is 17.6 Å². The molecule has 0 unspecified atom stereocenters. The van der Waals surface area contributed by atoms with Gasteiger partial charge in [0.15, 0.2) is 6.10 Å². The molecule has 1 aliphatic rings. The summed E-state index contributed by atoms with van der Waals surface area (Å²) in [6.07, 6.45) is 0.841. The molecule has 2 aromatic carbocycles. The number of hydrogen-bond acceptors (Lipinski definition) is 7. The lowest BCUT2D eigenvalue weighted by Crippen LogP contribution is -2.33. The third-order valence-corrected chi connectivity index (χ3v) is 5.60. The number of aromatic nitrogens is 2. The molecule has 0 spiro atoms. The third-order valence-electron chi connectivity index (χ3n) is 5.60. The predicted molar refractivity (Wildman–Crippen MR) is 116 cm³/mol. The Morgan fingerprint density at radius 1 is 1.09 bits per heavy atom. The maximum Gasteiger partial charge on any atom is 0.328 e. The minimum absolute atomic E-state index is 0.275. The second-order valence-corrected chi connectivity index (χ2v) is 7.52. The number of likely N-dealkylation sites (tertiary alicyclic amines) is 1. The molecular formula is C23H23N3O6. The zero-order chi connectivity index (χ0) is 22.8. The van der Waals surface area contributed by atoms with E-state index in [1.54, 1.807) is 51.6 Å². The fourth-order valence-electron chi connectivity index (χ4n) is 3.88. The maximum absolute atomic E-state index is 12.7. The maximum atomic E-state index is 12.7. The van der Waals surface area contributed by atoms with Crippen molar-refractivity contribution >= 4 is 22.6 Å². The predicted octanol–water partition coefficient (Wildman–Crippen LogP) is 1.93. The smallest absolute Gasteiger partial charge is 0.328 e. The van der Waals surface area contributed by atoms with Gasteiger partial charge in [0.2, 0.25) is 0 Å². The van der Waals surface area contributed by atoms with E-state index in [9.17, 15) is 14.4 Å². The van der Waals surface area contributed by atoms with E-state index in [4.69, 9.17) is 14.2 Å². The number of amides is 1. The van der Waals surface area contributed by atoms with Crippen LogP contribution in [-0.2, 0) is 20.9 Å². The molecule has 3 aromatic rings. The van der Waals surface area contributed by atoms with Crippen LogP contribution in [0.4, 0.5) is 0 Å². The number of carbonyl (C=O) groups excluding carboxylic acids is 2. The second kappa shape index (κ2) is 8.70. The summed E-state index contributed by atoms with van der Waals surface area (Å²) >= 11 is 0. The van der Waals surface area contributed by atoms with E-state index in [1.807, 2.05) is 12.1 Å². The molecule has 9 heteroatoms. The molecule has 0 saturated carbocycles. The number of carbonyl (C=O) groups is 2. The van der Waals surface area contributed by atoms with E-state index in [0.29, 0.717) is 22.3 Å². The van der Waals surface area contributed by atoms with Crippen LogP contribution >= 0.6 is 0 Å². The van der Waals surface area contributed by atoms with Crippen molar-refractivity contribution in [1.82, 2.24) is 14.7 Å². The Morgan fingerprint density at radius 2 is 1.78 bits per heavy atom. The Balaban J connectivity index is 1.49. The minimum Gasteiger partial charge on any atom is -0.497 e. The zero-order valence-corrected chi connectivity index (χ0v) is 18.0. The highest BCUT2D eigenvalue weighted by Crippen LogP contribution is 2.36. The van der Waals surface area contributed by atoms with Crippen molar-refractivity contribution in [2.45, 2.75) is 25.1 Å². The van der Waals surface area contributed by atoms with Gasteiger partial charge in [-0.3, -0.25) is 14.4 Å². The summed E-state index contributed by atoms with van der Waals surface area (Å²) < 4.78 is 17.1. The Labute approximate surface area is 184 Å². The van der Waals surface area contributed by atoms with Gasteiger partial charge in [0.05, 0.1) is 31.8 Å². The Hall–Kier alpha value is -3.88. The number of hydrogen-bond donors (Lipinski definition) is 0. The van der Waals surface area contributed by atoms with E-state index in [0.717, 1.165) is 10.2 Å². The van der Waals surface area contributed by atoms with E-state index in [1.165, 1.54) is 11.1 Å². The van der Waals surface area contributed by atoms with Crippen LogP contribution in [0.3, 0.4) is 0 Å². The molecule has 2 heterocycles. The highest BCUT2D eigenvalue weighted by molar-refractivity contribution is 5.86. The van der Waals surface area contributed by atoms with Gasteiger partial charge in [-0.05, 0) is 23.8 Å². The zero-order valence-electron chi connectivity index (χ0n) is 18.0. The highest BCUT2D eigenvalue weighted by atomic mass is 16.5. The van der Waals surface area contributed by atoms with Crippen LogP contribution in [0, 0.1) is 0 Å². The normalized spacial score (nSPS) is 18.1. The number of methoxy groups -OCH3 is 2. The van der Waals surface area contributed by atoms with Crippen molar-refractivity contribution < 1.29 is 23.8 Å². The molecule has 1 aliphatic heterocycles. The molecule has 0 N–H and O–H groups in total. The van der Waals surface area contributed by atoms with Gasteiger partial charge in [-0.2, -0.15) is 5.10 Å². The van der Waals surface area contributed by atoms with E-state index in [2.05, 4.69) is 5.10 Å². The molecule has 0 radical (unpaired) electrons. The van der Waals surface area contributed by atoms with Crippen molar-refractivity contribution in [2.75, 3.05) is 21.3 Å². The Bertz CT molecular complexity index is 1220. The van der Waals surface area contributed by atoms with Crippen molar-refractivity contribution in [3.8, 4) is 11.5 Å². The minimum atomic E-state index is -0.953. The van der Waals surface area contributed by atoms with Gasteiger partial charge in [-0.1, -0.05) is 18.2 Å². The molecule has 2 atom stereocenters. The average Bonchev–Trinajstić information content (AvgIpc) is 3.09. The van der Waals surface area contributed by atoms with Crippen LogP contribution in [0.25, 0.3) is 10.8 Å². The van der Waals surface area contributed by atoms with E-state index in [-0.39, 0.29) is 24.9 Å². The van der Waals surface area contributed by atoms with Crippen molar-refractivity contribution in [3.63, 3.8) is 0 Å². The van der Waals surface area contributed by atoms with E-state index >= 15 is 0 Å². The molecule has 1 aromatic heterocycles. The van der Waals surface area contributed by atoms with Crippen LogP contribution in [0.1, 0.15) is 18.0 Å². The molecular weight excluding hydrogens is 414 g/mol. The first-order valence-corrected chi connectivity index (χ1v) is 10.0. The van der Waals surface area contributed by atoms with Gasteiger partial charge < -0.3 is 19.1 Å². The summed E-state index contributed by atoms with van der Waals surface area (Å²) in [6, 6.07) is 12.1. The number of rotatable bonds is 6. The summed E-state index contributed by atoms with van der Waals surface area (Å²) in [5.74, 6) is 0.180. The number of esters is 1.